The van der Waals surface area contributed by atoms with Crippen LogP contribution in [0.2, 0.25) is 0 Å². The molecule has 0 spiro atoms. The van der Waals surface area contributed by atoms with Gasteiger partial charge in [0.05, 0.1) is 91.3 Å². The fraction of sp³-hybridized carbons (Fsp3) is 0.667. The van der Waals surface area contributed by atoms with E-state index in [-0.39, 0.29) is 48.2 Å². The molecular weight excluding hydrogens is 1030 g/mol. The van der Waals surface area contributed by atoms with Gasteiger partial charge in [0.2, 0.25) is 0 Å². The van der Waals surface area contributed by atoms with Gasteiger partial charge in [-0.05, 0) is 101 Å². The van der Waals surface area contributed by atoms with Crippen LogP contribution in [0.3, 0.4) is 0 Å². The van der Waals surface area contributed by atoms with E-state index in [2.05, 4.69) is 73.5 Å². The Morgan fingerprint density at radius 3 is 2.47 bits per heavy atom. The number of sulfone groups is 1. The molecule has 422 valence electrons. The van der Waals surface area contributed by atoms with E-state index in [0.717, 1.165) is 76.5 Å². The molecule has 1 aromatic carbocycles. The van der Waals surface area contributed by atoms with Crippen molar-refractivity contribution in [3.8, 4) is 22.5 Å². The average Bonchev–Trinajstić information content (AvgIpc) is 3.98. The van der Waals surface area contributed by atoms with Crippen molar-refractivity contribution in [2.24, 2.45) is 11.3 Å². The second kappa shape index (κ2) is 21.7. The lowest BCUT2D eigenvalue weighted by Crippen LogP contribution is -2.65. The number of fused-ring (bicyclic) bond motifs is 7. The van der Waals surface area contributed by atoms with E-state index in [1.54, 1.807) is 7.11 Å². The number of rotatable bonds is 12. The van der Waals surface area contributed by atoms with Gasteiger partial charge in [0, 0.05) is 98.3 Å². The number of cyclic esters (lactones) is 1. The summed E-state index contributed by atoms with van der Waals surface area (Å²) in [6.07, 6.45) is 7.63. The summed E-state index contributed by atoms with van der Waals surface area (Å²) in [6, 6.07) is 6.92. The number of pyridine rings is 1. The van der Waals surface area contributed by atoms with Crippen molar-refractivity contribution in [3.05, 3.63) is 52.1 Å². The highest BCUT2D eigenvalue weighted by Gasteiger charge is 2.61. The van der Waals surface area contributed by atoms with Gasteiger partial charge in [-0.25, -0.2) is 18.8 Å². The zero-order valence-corrected chi connectivity index (χ0v) is 47.5. The Morgan fingerprint density at radius 1 is 0.987 bits per heavy atom. The Kier molecular flexibility index (Phi) is 15.0. The van der Waals surface area contributed by atoms with Gasteiger partial charge in [-0.15, -0.1) is 11.3 Å². The summed E-state index contributed by atoms with van der Waals surface area (Å²) in [5.41, 5.74) is 9.08. The normalized spacial score (nSPS) is 29.5. The molecule has 6 saturated heterocycles. The van der Waals surface area contributed by atoms with Crippen molar-refractivity contribution in [2.75, 3.05) is 95.8 Å². The van der Waals surface area contributed by atoms with Gasteiger partial charge in [-0.2, -0.15) is 0 Å². The Bertz CT molecular complexity index is 3000. The van der Waals surface area contributed by atoms with E-state index in [1.807, 2.05) is 20.0 Å². The van der Waals surface area contributed by atoms with Gasteiger partial charge in [0.15, 0.2) is 9.84 Å². The van der Waals surface area contributed by atoms with Gasteiger partial charge in [-0.1, -0.05) is 19.9 Å². The molecule has 4 aromatic rings. The minimum absolute atomic E-state index is 0.0479. The van der Waals surface area contributed by atoms with Gasteiger partial charge >= 0.3 is 5.97 Å². The van der Waals surface area contributed by atoms with Crippen LogP contribution < -0.4 is 15.6 Å². The maximum atomic E-state index is 15.3. The molecule has 0 unspecified atom stereocenters. The first kappa shape index (κ1) is 54.0. The predicted octanol–water partition coefficient (Wildman–Crippen LogP) is 5.46. The van der Waals surface area contributed by atoms with Crippen molar-refractivity contribution in [1.29, 1.82) is 0 Å². The lowest BCUT2D eigenvalue weighted by molar-refractivity contribution is -0.158. The predicted molar refractivity (Wildman–Crippen MR) is 296 cm³/mol. The number of thiazole rings is 1. The number of carbonyl (C=O) groups excluding carboxylic acids is 3. The van der Waals surface area contributed by atoms with Crippen LogP contribution in [0.4, 0.5) is 5.69 Å². The van der Waals surface area contributed by atoms with E-state index in [1.165, 1.54) is 29.2 Å². The second-order valence-corrected chi connectivity index (χ2v) is 27.2. The molecule has 8 bridgehead atoms. The number of nitrogens with zero attached hydrogens (tertiary/aromatic N) is 7. The van der Waals surface area contributed by atoms with Crippen LogP contribution >= 0.6 is 11.3 Å². The third-order valence-corrected chi connectivity index (χ3v) is 20.7. The number of hydrogen-bond acceptors (Lipinski definition) is 17. The number of anilines is 1. The zero-order valence-electron chi connectivity index (χ0n) is 45.9. The number of hydrazine groups is 1. The fourth-order valence-corrected chi connectivity index (χ4v) is 15.7. The zero-order chi connectivity index (χ0) is 54.1. The summed E-state index contributed by atoms with van der Waals surface area (Å²) in [6.45, 7) is 15.3. The monoisotopic (exact) mass is 1110 g/mol. The molecule has 19 nitrogen and oxygen atoms in total. The average molecular weight is 1110 g/mol. The molecule has 2 saturated carbocycles. The Balaban J connectivity index is 0.999. The first-order chi connectivity index (χ1) is 37.6. The molecule has 3 aromatic heterocycles. The van der Waals surface area contributed by atoms with Crippen LogP contribution in [0.15, 0.2) is 35.8 Å². The van der Waals surface area contributed by atoms with Crippen molar-refractivity contribution in [3.63, 3.8) is 0 Å². The molecule has 78 heavy (non-hydrogen) atoms. The number of benzene rings is 1. The van der Waals surface area contributed by atoms with Crippen LogP contribution in [0.5, 0.6) is 0 Å². The van der Waals surface area contributed by atoms with Crippen molar-refractivity contribution in [1.82, 2.24) is 40.1 Å². The molecular formula is C57H77N9O10S2. The van der Waals surface area contributed by atoms with Crippen LogP contribution in [0, 0.1) is 11.3 Å². The quantitative estimate of drug-likeness (QED) is 0.170. The molecule has 0 radical (unpaired) electrons. The molecule has 9 aliphatic rings. The molecule has 5 atom stereocenters. The number of nitrogens with one attached hydrogen (secondary N) is 2. The summed E-state index contributed by atoms with van der Waals surface area (Å²) in [5, 5.41) is 8.49. The number of morpholine rings is 1. The standard InChI is InChI=1S/C57H77N9O10S2/c1-35-38-29-57(30-38,76-35)55(69)60-49-51(64-19-22-73-23-20-64)52-59-46(33-77-52)37-8-11-47-42(27-37)44(31-56(3,4)34-75-54(68)45-7-6-14-66(61-45)53(49)67)50(65(47)21-24-74-41-12-25-78(70,71)26-13-41)43-28-40(32-58-48(43)36(2)72-5)63-17-15-62(16-18-63)39-9-10-39/h8,11,27-28,32-33,35-36,38-39,41,45,49,51,61H,6-7,9-10,12-26,29-31,34H2,1-5H3,(H,60,69)/t35-,36+,38?,45+,49+,51+,57?/m1/s1. The van der Waals surface area contributed by atoms with Crippen LogP contribution in [-0.4, -0.2) is 182 Å². The van der Waals surface area contributed by atoms with Gasteiger partial charge < -0.3 is 38.5 Å². The molecule has 7 aliphatic heterocycles. The molecule has 21 heteroatoms. The van der Waals surface area contributed by atoms with Crippen LogP contribution in [-0.2, 0) is 60.9 Å². The van der Waals surface area contributed by atoms with Gasteiger partial charge in [-0.3, -0.25) is 34.2 Å². The Labute approximate surface area is 461 Å². The maximum Gasteiger partial charge on any atom is 0.324 e. The summed E-state index contributed by atoms with van der Waals surface area (Å²) in [7, 11) is -1.36. The number of aromatic nitrogens is 3. The highest BCUT2D eigenvalue weighted by atomic mass is 32.2. The first-order valence-corrected chi connectivity index (χ1v) is 31.3. The smallest absolute Gasteiger partial charge is 0.324 e. The Morgan fingerprint density at radius 2 is 1.76 bits per heavy atom. The summed E-state index contributed by atoms with van der Waals surface area (Å²) in [5.74, 6) is -0.563. The lowest BCUT2D eigenvalue weighted by atomic mass is 9.72. The highest BCUT2D eigenvalue weighted by molar-refractivity contribution is 7.91. The van der Waals surface area contributed by atoms with Crippen LogP contribution in [0.25, 0.3) is 33.4 Å². The minimum atomic E-state index is -3.08. The number of amides is 2. The van der Waals surface area contributed by atoms with Crippen molar-refractivity contribution >= 4 is 55.5 Å². The minimum Gasteiger partial charge on any atom is -0.464 e. The van der Waals surface area contributed by atoms with Crippen LogP contribution in [0.1, 0.15) is 107 Å². The fourth-order valence-electron chi connectivity index (χ4n) is 13.3. The van der Waals surface area contributed by atoms with Gasteiger partial charge in [0.25, 0.3) is 11.8 Å². The van der Waals surface area contributed by atoms with Gasteiger partial charge in [0.1, 0.15) is 22.7 Å². The second-order valence-electron chi connectivity index (χ2n) is 24.1. The van der Waals surface area contributed by atoms with E-state index < -0.39 is 44.9 Å². The first-order valence-electron chi connectivity index (χ1n) is 28.6. The summed E-state index contributed by atoms with van der Waals surface area (Å²) < 4.78 is 58.4. The molecule has 13 rings (SSSR count). The largest absolute Gasteiger partial charge is 0.464 e. The summed E-state index contributed by atoms with van der Waals surface area (Å²) in [4.78, 5) is 62.2. The summed E-state index contributed by atoms with van der Waals surface area (Å²) >= 11 is 1.47. The maximum absolute atomic E-state index is 15.3. The van der Waals surface area contributed by atoms with Crippen molar-refractivity contribution in [2.45, 2.75) is 140 Å². The van der Waals surface area contributed by atoms with E-state index in [0.29, 0.717) is 108 Å². The number of hydrogen-bond donors (Lipinski definition) is 2. The highest BCUT2D eigenvalue weighted by Crippen LogP contribution is 2.53. The third kappa shape index (κ3) is 10.8. The molecule has 2 amide bonds. The molecule has 10 heterocycles. The number of ether oxygens (including phenoxy) is 5. The van der Waals surface area contributed by atoms with E-state index in [4.69, 9.17) is 33.7 Å². The number of esters is 1. The number of carbonyl (C=O) groups is 3. The Hall–Kier alpha value is -4.58. The molecule has 2 aliphatic carbocycles. The number of piperazine rings is 1. The van der Waals surface area contributed by atoms with E-state index >= 15 is 4.79 Å². The van der Waals surface area contributed by atoms with Crippen molar-refractivity contribution < 1.29 is 46.5 Å². The SMILES string of the molecule is CO[C@@H](C)c1ncc(N2CCN(C3CC3)CC2)cc1-c1c2c3cc(ccc3n1CCOC1CCS(=O)(=O)CC1)-c1csc(n1)[C@@H](N1CCOCC1)[C@H](NC(=O)C13CC(C1)[C@@H](C)O3)C(=O)N1CCC[C@H](N1)C(=O)OCC(C)(C)C2. The number of methoxy groups -OCH3 is 1. The molecule has 8 fully saturated rings. The molecule has 2 N–H and O–H groups in total. The third-order valence-electron chi connectivity index (χ3n) is 18.0. The van der Waals surface area contributed by atoms with E-state index in [9.17, 15) is 18.0 Å². The lowest BCUT2D eigenvalue weighted by Gasteiger charge is -2.42. The topological polar surface area (TPSA) is 199 Å².